The number of hydroxylamine groups is 3. The molecule has 0 unspecified atom stereocenters. The maximum atomic E-state index is 12.8. The summed E-state index contributed by atoms with van der Waals surface area (Å²) < 4.78 is 7.83. The summed E-state index contributed by atoms with van der Waals surface area (Å²) in [6, 6.07) is -1.73. The van der Waals surface area contributed by atoms with Gasteiger partial charge in [0.25, 0.3) is 0 Å². The minimum atomic E-state index is -2.19. The van der Waals surface area contributed by atoms with Gasteiger partial charge in [-0.2, -0.15) is 10.2 Å². The number of aliphatic imine (C=N–C) groups is 1. The number of carbonyl (C=O) groups is 2. The highest BCUT2D eigenvalue weighted by molar-refractivity contribution is 6.74. The number of urea groups is 1. The Labute approximate surface area is 204 Å². The first-order valence-electron chi connectivity index (χ1n) is 11.2. The van der Waals surface area contributed by atoms with E-state index < -0.39 is 32.5 Å². The number of aromatic nitrogens is 2. The van der Waals surface area contributed by atoms with E-state index in [2.05, 4.69) is 59.9 Å². The van der Waals surface area contributed by atoms with E-state index in [1.165, 1.54) is 11.1 Å². The fourth-order valence-corrected chi connectivity index (χ4v) is 4.23. The number of carboxylic acid groups (broad SMARTS) is 1. The fraction of sp³-hybridized carbons (Fsp3) is 0.650. The summed E-state index contributed by atoms with van der Waals surface area (Å²) in [6.07, 6.45) is 1.97. The molecule has 2 aliphatic heterocycles. The largest absolute Gasteiger partial charge is 0.465 e. The summed E-state index contributed by atoms with van der Waals surface area (Å²) in [7, 11) is -0.578. The van der Waals surface area contributed by atoms with Crippen LogP contribution < -0.4 is 10.8 Å². The first-order valence-corrected chi connectivity index (χ1v) is 14.2. The van der Waals surface area contributed by atoms with Crippen LogP contribution in [0.1, 0.15) is 44.1 Å². The average Bonchev–Trinajstić information content (AvgIpc) is 3.30. The van der Waals surface area contributed by atoms with Gasteiger partial charge in [0.1, 0.15) is 24.5 Å². The first-order chi connectivity index (χ1) is 16.4. The van der Waals surface area contributed by atoms with E-state index in [0.29, 0.717) is 17.1 Å². The monoisotopic (exact) mass is 510 g/mol. The highest BCUT2D eigenvalue weighted by atomic mass is 28.4. The Morgan fingerprint density at radius 3 is 2.74 bits per heavy atom. The zero-order valence-electron chi connectivity index (χ0n) is 20.8. The Balaban J connectivity index is 1.82. The zero-order chi connectivity index (χ0) is 26.0. The van der Waals surface area contributed by atoms with E-state index in [1.54, 1.807) is 17.9 Å². The van der Waals surface area contributed by atoms with Crippen LogP contribution in [0.15, 0.2) is 16.3 Å². The summed E-state index contributed by atoms with van der Waals surface area (Å²) in [5.74, 6) is 0.424. The van der Waals surface area contributed by atoms with Crippen LogP contribution in [-0.2, 0) is 15.9 Å². The van der Waals surface area contributed by atoms with Gasteiger partial charge in [0.15, 0.2) is 0 Å². The van der Waals surface area contributed by atoms with Crippen LogP contribution in [0.4, 0.5) is 9.59 Å². The lowest BCUT2D eigenvalue weighted by Crippen LogP contribution is -2.50. The molecule has 2 bridgehead atoms. The molecule has 3 heterocycles. The number of carbonyl (C=O) groups excluding carboxylic acids is 1. The SMILES string of the molecule is CN=C(NO[Si](C)(C)C(C)(C)C)[C@@H]1c2c(cnn2CC=NOCCNC(=O)O)[C@@H]2CN1C(=O)N2O. The number of nitrogens with one attached hydrogen (secondary N) is 2. The molecule has 3 amide bonds. The third-order valence-electron chi connectivity index (χ3n) is 6.54. The van der Waals surface area contributed by atoms with Crippen LogP contribution in [0.3, 0.4) is 0 Å². The van der Waals surface area contributed by atoms with Crippen LogP contribution in [0.5, 0.6) is 0 Å². The van der Waals surface area contributed by atoms with E-state index in [1.807, 2.05) is 0 Å². The molecule has 1 aromatic heterocycles. The predicted octanol–water partition coefficient (Wildman–Crippen LogP) is 1.93. The Hall–Kier alpha value is -3.17. The second-order valence-electron chi connectivity index (χ2n) is 9.79. The molecule has 14 nitrogen and oxygen atoms in total. The molecule has 2 atom stereocenters. The van der Waals surface area contributed by atoms with Crippen molar-refractivity contribution in [3.8, 4) is 0 Å². The molecule has 35 heavy (non-hydrogen) atoms. The topological polar surface area (TPSA) is 166 Å². The summed E-state index contributed by atoms with van der Waals surface area (Å²) >= 11 is 0. The Kier molecular flexibility index (Phi) is 7.71. The van der Waals surface area contributed by atoms with Gasteiger partial charge in [0.05, 0.1) is 37.7 Å². The van der Waals surface area contributed by atoms with E-state index >= 15 is 0 Å². The van der Waals surface area contributed by atoms with Gasteiger partial charge < -0.3 is 24.7 Å². The molecule has 194 valence electrons. The van der Waals surface area contributed by atoms with Crippen LogP contribution in [0.25, 0.3) is 0 Å². The van der Waals surface area contributed by atoms with E-state index in [4.69, 9.17) is 14.5 Å². The minimum absolute atomic E-state index is 0.0503. The zero-order valence-corrected chi connectivity index (χ0v) is 21.8. The van der Waals surface area contributed by atoms with Crippen molar-refractivity contribution in [3.05, 3.63) is 17.5 Å². The number of hydrogen-bond acceptors (Lipinski definition) is 8. The van der Waals surface area contributed by atoms with Crippen molar-refractivity contribution in [2.24, 2.45) is 10.1 Å². The number of fused-ring (bicyclic) bond motifs is 4. The molecule has 3 rings (SSSR count). The lowest BCUT2D eigenvalue weighted by atomic mass is 9.97. The van der Waals surface area contributed by atoms with Crippen molar-refractivity contribution < 1.29 is 29.3 Å². The van der Waals surface area contributed by atoms with Crippen molar-refractivity contribution in [1.82, 2.24) is 30.5 Å². The molecule has 0 radical (unpaired) electrons. The van der Waals surface area contributed by atoms with Crippen molar-refractivity contribution in [3.63, 3.8) is 0 Å². The van der Waals surface area contributed by atoms with Gasteiger partial charge in [-0.05, 0) is 18.1 Å². The molecule has 1 aromatic rings. The summed E-state index contributed by atoms with van der Waals surface area (Å²) in [5, 5.41) is 30.1. The van der Waals surface area contributed by atoms with E-state index in [0.717, 1.165) is 5.06 Å². The van der Waals surface area contributed by atoms with Gasteiger partial charge in [-0.25, -0.2) is 9.59 Å². The van der Waals surface area contributed by atoms with Crippen molar-refractivity contribution in [2.45, 2.75) is 57.5 Å². The molecular weight excluding hydrogens is 476 g/mol. The molecule has 0 saturated carbocycles. The van der Waals surface area contributed by atoms with Crippen LogP contribution >= 0.6 is 0 Å². The van der Waals surface area contributed by atoms with Crippen molar-refractivity contribution >= 4 is 32.5 Å². The highest BCUT2D eigenvalue weighted by Gasteiger charge is 2.51. The van der Waals surface area contributed by atoms with Gasteiger partial charge in [-0.3, -0.25) is 20.4 Å². The van der Waals surface area contributed by atoms with E-state index in [-0.39, 0.29) is 31.3 Å². The molecule has 1 fully saturated rings. The molecule has 4 N–H and O–H groups in total. The van der Waals surface area contributed by atoms with Gasteiger partial charge in [-0.1, -0.05) is 25.9 Å². The molecule has 15 heteroatoms. The maximum absolute atomic E-state index is 12.8. The van der Waals surface area contributed by atoms with Crippen LogP contribution in [0, 0.1) is 0 Å². The number of amidine groups is 1. The molecule has 1 saturated heterocycles. The van der Waals surface area contributed by atoms with Crippen molar-refractivity contribution in [1.29, 1.82) is 0 Å². The predicted molar refractivity (Wildman–Crippen MR) is 129 cm³/mol. The number of hydrogen-bond donors (Lipinski definition) is 4. The molecule has 0 spiro atoms. The lowest BCUT2D eigenvalue weighted by Gasteiger charge is -2.38. The third-order valence-corrected chi connectivity index (χ3v) is 10.8. The van der Waals surface area contributed by atoms with Gasteiger partial charge in [-0.15, -0.1) is 0 Å². The van der Waals surface area contributed by atoms with Gasteiger partial charge in [0.2, 0.25) is 8.32 Å². The third kappa shape index (κ3) is 5.41. The molecular formula is C20H34N8O6Si. The smallest absolute Gasteiger partial charge is 0.404 e. The summed E-state index contributed by atoms with van der Waals surface area (Å²) in [6.45, 7) is 11.2. The number of nitrogens with zero attached hydrogens (tertiary/aromatic N) is 6. The molecule has 0 aliphatic carbocycles. The fourth-order valence-electron chi connectivity index (χ4n) is 3.56. The van der Waals surface area contributed by atoms with Crippen molar-refractivity contribution in [2.75, 3.05) is 26.7 Å². The second kappa shape index (κ2) is 10.2. The molecule has 0 aromatic carbocycles. The van der Waals surface area contributed by atoms with Gasteiger partial charge >= 0.3 is 12.1 Å². The highest BCUT2D eigenvalue weighted by Crippen LogP contribution is 2.43. The van der Waals surface area contributed by atoms with Crippen LogP contribution in [-0.4, -0.2) is 89.3 Å². The molecule has 2 aliphatic rings. The minimum Gasteiger partial charge on any atom is -0.465 e. The van der Waals surface area contributed by atoms with Crippen LogP contribution in [0.2, 0.25) is 18.1 Å². The lowest BCUT2D eigenvalue weighted by molar-refractivity contribution is -0.0586. The standard InChI is InChI=1S/C20H34N8O6Si/c1-20(2,3)35(5,6)34-25-17(21-4)16-15-13(14-12-26(16)19(31)28(14)32)11-23-27(15)9-7-24-33-10-8-22-18(29)30/h7,11,14,16,22,32H,8-10,12H2,1-6H3,(H,21,25)(H,29,30)/t14-,16-/m0/s1. The second-order valence-corrected chi connectivity index (χ2v) is 14.5. The summed E-state index contributed by atoms with van der Waals surface area (Å²) in [5.41, 5.74) is 4.41. The van der Waals surface area contributed by atoms with E-state index in [9.17, 15) is 14.8 Å². The average molecular weight is 511 g/mol. The Morgan fingerprint density at radius 1 is 1.40 bits per heavy atom. The quantitative estimate of drug-likeness (QED) is 0.0976. The number of oxime groups is 1. The first kappa shape index (κ1) is 26.4. The Bertz CT molecular complexity index is 1000. The normalized spacial score (nSPS) is 20.4. The van der Waals surface area contributed by atoms with Gasteiger partial charge in [0, 0.05) is 12.6 Å². The number of rotatable bonds is 9. The summed E-state index contributed by atoms with van der Waals surface area (Å²) in [4.78, 5) is 34.3. The Morgan fingerprint density at radius 2 is 2.11 bits per heavy atom. The maximum Gasteiger partial charge on any atom is 0.404 e. The number of amides is 3.